The van der Waals surface area contributed by atoms with Crippen LogP contribution in [-0.4, -0.2) is 57.7 Å². The molecule has 0 spiro atoms. The summed E-state index contributed by atoms with van der Waals surface area (Å²) in [6, 6.07) is 0. The van der Waals surface area contributed by atoms with Crippen molar-refractivity contribution in [3.63, 3.8) is 0 Å². The molecule has 2 aliphatic carbocycles. The van der Waals surface area contributed by atoms with Gasteiger partial charge in [-0.3, -0.25) is 4.79 Å². The van der Waals surface area contributed by atoms with E-state index in [9.17, 15) is 20.1 Å². The number of fused-ring (bicyclic) bond motifs is 1. The number of allylic oxidation sites excluding steroid dienone is 1. The van der Waals surface area contributed by atoms with Gasteiger partial charge in [-0.15, -0.1) is 53.6 Å². The Balaban J connectivity index is 2.04. The van der Waals surface area contributed by atoms with Gasteiger partial charge >= 0.3 is 0 Å². The fourth-order valence-electron chi connectivity index (χ4n) is 7.31. The van der Waals surface area contributed by atoms with Crippen LogP contribution in [0.3, 0.4) is 0 Å². The largest absolute Gasteiger partial charge is 0.392 e. The van der Waals surface area contributed by atoms with Gasteiger partial charge in [-0.05, 0) is 71.0 Å². The standard InChI is InChI=1S/C22H49O6P13/c1-11-9-20(4,5)14(7-15(11)28-36(40(35)37(29)30)41(38(31)32)39(33)34)12(2)18-21(6,19(25)13(3)23)16(24)8-17-22(18,26)10-27-17/h9,12-18,23-24,26H,7-8,10,29-35H2,1-6H3/t12-,13-,14?,15+,16+,17-,18+,21-,22+,36?,40?/m1/s1. The summed E-state index contributed by atoms with van der Waals surface area (Å²) in [7, 11) is 20.8. The quantitative estimate of drug-likeness (QED) is 0.142. The molecule has 10 unspecified atom stereocenters. The number of aliphatic hydroxyl groups excluding tert-OH is 2. The summed E-state index contributed by atoms with van der Waals surface area (Å²) >= 11 is 0. The first-order valence-electron chi connectivity index (χ1n) is 13.4. The van der Waals surface area contributed by atoms with E-state index in [1.807, 2.05) is 0 Å². The Morgan fingerprint density at radius 1 is 1.05 bits per heavy atom. The molecule has 3 aliphatic rings. The topological polar surface area (TPSA) is 96.2 Å². The molecule has 1 heterocycles. The molecule has 0 bridgehead atoms. The van der Waals surface area contributed by atoms with Gasteiger partial charge in [0.25, 0.3) is 0 Å². The molecule has 238 valence electrons. The highest BCUT2D eigenvalue weighted by atomic mass is 33.2. The summed E-state index contributed by atoms with van der Waals surface area (Å²) in [6.45, 7) is 10.5. The zero-order chi connectivity index (χ0) is 31.4. The van der Waals surface area contributed by atoms with Gasteiger partial charge in [0, 0.05) is 26.3 Å². The van der Waals surface area contributed by atoms with Crippen molar-refractivity contribution in [3.8, 4) is 0 Å². The van der Waals surface area contributed by atoms with E-state index in [1.54, 1.807) is 6.92 Å². The summed E-state index contributed by atoms with van der Waals surface area (Å²) in [5.74, 6) is -1.05. The maximum atomic E-state index is 13.6. The summed E-state index contributed by atoms with van der Waals surface area (Å²) < 4.78 is 13.0. The molecule has 1 saturated heterocycles. The number of aliphatic hydroxyl groups is 3. The highest BCUT2D eigenvalue weighted by Crippen LogP contribution is 3.17. The molecule has 19 heteroatoms. The van der Waals surface area contributed by atoms with Crippen molar-refractivity contribution in [2.45, 2.75) is 84.4 Å². The fourth-order valence-corrected chi connectivity index (χ4v) is 103. The van der Waals surface area contributed by atoms with E-state index in [4.69, 9.17) is 9.26 Å². The molecule has 41 heavy (non-hydrogen) atoms. The Labute approximate surface area is 270 Å². The first-order chi connectivity index (χ1) is 18.7. The lowest BCUT2D eigenvalue weighted by Crippen LogP contribution is -2.75. The van der Waals surface area contributed by atoms with Crippen LogP contribution in [0.2, 0.25) is 0 Å². The van der Waals surface area contributed by atoms with Crippen LogP contribution < -0.4 is 0 Å². The summed E-state index contributed by atoms with van der Waals surface area (Å²) in [6.07, 6.45) is 0.506. The Morgan fingerprint density at radius 3 is 2.05 bits per heavy atom. The molecule has 0 aromatic heterocycles. The van der Waals surface area contributed by atoms with Crippen molar-refractivity contribution in [2.75, 3.05) is 6.61 Å². The van der Waals surface area contributed by atoms with Gasteiger partial charge in [-0.1, -0.05) is 35.8 Å². The predicted molar refractivity (Wildman–Crippen MR) is 213 cm³/mol. The van der Waals surface area contributed by atoms with E-state index < -0.39 is 55.5 Å². The van der Waals surface area contributed by atoms with E-state index in [0.717, 1.165) is 6.42 Å². The van der Waals surface area contributed by atoms with Crippen LogP contribution in [0.1, 0.15) is 54.4 Å². The van der Waals surface area contributed by atoms with Crippen LogP contribution >= 0.6 is 105 Å². The third kappa shape index (κ3) is 8.24. The SMILES string of the molecule is CC1=CC(C)(C)C([C@@H](C)[C@@H]2[C@]3(O)CO[C@@H]3C[C@H](O)[C@@]2(C)C(=O)[C@@H](C)O)C[C@@H]1OP(P(P)P(P)P)P(P(P)P)P(P)P. The molecular weight excluding hydrogens is 763 g/mol. The monoisotopic (exact) mass is 812 g/mol. The van der Waals surface area contributed by atoms with Gasteiger partial charge in [-0.2, -0.15) is 0 Å². The number of ether oxygens (including phenoxy) is 1. The zero-order valence-electron chi connectivity index (χ0n) is 24.5. The average molecular weight is 812 g/mol. The molecule has 0 radical (unpaired) electrons. The Kier molecular flexibility index (Phi) is 15.5. The highest BCUT2D eigenvalue weighted by Gasteiger charge is 2.69. The van der Waals surface area contributed by atoms with Gasteiger partial charge in [0.05, 0.1) is 37.9 Å². The van der Waals surface area contributed by atoms with Gasteiger partial charge in [0.2, 0.25) is 0 Å². The van der Waals surface area contributed by atoms with Crippen molar-refractivity contribution in [2.24, 2.45) is 28.6 Å². The number of hydrogen-bond donors (Lipinski definition) is 3. The number of rotatable bonds is 11. The first-order valence-corrected chi connectivity index (χ1v) is 36.2. The van der Waals surface area contributed by atoms with Crippen LogP contribution in [0.15, 0.2) is 11.6 Å². The number of carbonyl (C=O) groups excluding carboxylic acids is 1. The highest BCUT2D eigenvalue weighted by molar-refractivity contribution is 9.19. The normalized spacial score (nSPS) is 38.3. The van der Waals surface area contributed by atoms with Crippen molar-refractivity contribution in [3.05, 3.63) is 11.6 Å². The Hall–Kier alpha value is 4.80. The summed E-state index contributed by atoms with van der Waals surface area (Å²) in [5, 5.41) is 33.8. The lowest BCUT2D eigenvalue weighted by molar-refractivity contribution is -0.325. The Bertz CT molecular complexity index is 978. The summed E-state index contributed by atoms with van der Waals surface area (Å²) in [5.41, 5.74) is -1.49. The second kappa shape index (κ2) is 15.8. The average Bonchev–Trinajstić information content (AvgIpc) is 2.84. The molecule has 0 aromatic rings. The lowest BCUT2D eigenvalue weighted by atomic mass is 9.47. The van der Waals surface area contributed by atoms with Crippen LogP contribution in [0.5, 0.6) is 0 Å². The maximum Gasteiger partial charge on any atom is 0.169 e. The number of Topliss-reactive ketones (excluding diaryl/α,β-unsaturated/α-hetero) is 1. The molecule has 6 nitrogen and oxygen atoms in total. The first kappa shape index (κ1) is 40.2. The molecule has 3 N–H and O–H groups in total. The molecule has 18 atom stereocenters. The smallest absolute Gasteiger partial charge is 0.169 e. The minimum atomic E-state index is -1.29. The van der Waals surface area contributed by atoms with Gasteiger partial charge in [0.15, 0.2) is 5.78 Å². The molecular formula is C22H49O6P13. The van der Waals surface area contributed by atoms with Crippen molar-refractivity contribution in [1.29, 1.82) is 0 Å². The van der Waals surface area contributed by atoms with E-state index in [0.29, 0.717) is 0 Å². The number of carbonyl (C=O) groups is 1. The Morgan fingerprint density at radius 2 is 1.61 bits per heavy atom. The van der Waals surface area contributed by atoms with Gasteiger partial charge in [-0.25, -0.2) is 0 Å². The minimum absolute atomic E-state index is 0.0488. The summed E-state index contributed by atoms with van der Waals surface area (Å²) in [4.78, 5) is 13.6. The van der Waals surface area contributed by atoms with E-state index in [1.165, 1.54) is 12.5 Å². The number of ketones is 1. The van der Waals surface area contributed by atoms with Gasteiger partial charge in [0.1, 0.15) is 11.7 Å². The minimum Gasteiger partial charge on any atom is -0.392 e. The fraction of sp³-hybridized carbons (Fsp3) is 0.864. The van der Waals surface area contributed by atoms with E-state index >= 15 is 0 Å². The maximum absolute atomic E-state index is 13.6. The van der Waals surface area contributed by atoms with Crippen LogP contribution in [0.4, 0.5) is 0 Å². The molecule has 2 fully saturated rings. The number of hydrogen-bond acceptors (Lipinski definition) is 6. The lowest BCUT2D eigenvalue weighted by Gasteiger charge is -2.64. The van der Waals surface area contributed by atoms with Crippen molar-refractivity contribution >= 4 is 111 Å². The molecule has 0 aromatic carbocycles. The van der Waals surface area contributed by atoms with E-state index in [2.05, 4.69) is 96.3 Å². The van der Waals surface area contributed by atoms with Crippen LogP contribution in [0, 0.1) is 28.6 Å². The van der Waals surface area contributed by atoms with E-state index in [-0.39, 0.29) is 64.3 Å². The molecule has 1 saturated carbocycles. The van der Waals surface area contributed by atoms with Crippen LogP contribution in [0.25, 0.3) is 0 Å². The predicted octanol–water partition coefficient (Wildman–Crippen LogP) is 9.38. The molecule has 1 aliphatic heterocycles. The van der Waals surface area contributed by atoms with Crippen LogP contribution in [-0.2, 0) is 14.1 Å². The van der Waals surface area contributed by atoms with Gasteiger partial charge < -0.3 is 24.6 Å². The third-order valence-electron chi connectivity index (χ3n) is 9.19. The zero-order valence-corrected chi connectivity index (χ0v) is 38.0. The van der Waals surface area contributed by atoms with Crippen molar-refractivity contribution in [1.82, 2.24) is 0 Å². The molecule has 3 rings (SSSR count). The van der Waals surface area contributed by atoms with Crippen molar-refractivity contribution < 1.29 is 29.4 Å². The second-order valence-corrected chi connectivity index (χ2v) is 61.1. The molecule has 0 amide bonds. The third-order valence-corrected chi connectivity index (χ3v) is 80.0. The second-order valence-electron chi connectivity index (χ2n) is 12.3.